The van der Waals surface area contributed by atoms with Crippen LogP contribution in [-0.2, 0) is 13.2 Å². The highest BCUT2D eigenvalue weighted by Crippen LogP contribution is 2.30. The van der Waals surface area contributed by atoms with Gasteiger partial charge >= 0.3 is 0 Å². The molecule has 0 spiro atoms. The molecule has 0 fully saturated rings. The fraction of sp³-hybridized carbons (Fsp3) is 0.269. The number of benzene rings is 3. The predicted octanol–water partition coefficient (Wildman–Crippen LogP) is 6.22. The Bertz CT molecular complexity index is 1260. The number of nitrogens with zero attached hydrogens (tertiary/aromatic N) is 4. The van der Waals surface area contributed by atoms with E-state index in [0.29, 0.717) is 34.8 Å². The van der Waals surface area contributed by atoms with Gasteiger partial charge in [0.25, 0.3) is 0 Å². The molecule has 0 aliphatic heterocycles. The van der Waals surface area contributed by atoms with E-state index in [1.54, 1.807) is 28.6 Å². The van der Waals surface area contributed by atoms with Crippen LogP contribution >= 0.6 is 35.0 Å². The summed E-state index contributed by atoms with van der Waals surface area (Å²) in [6, 6.07) is 21.3. The molecule has 0 saturated carbocycles. The number of rotatable bonds is 13. The fourth-order valence-corrected chi connectivity index (χ4v) is 4.73. The lowest BCUT2D eigenvalue weighted by Gasteiger charge is -2.14. The molecule has 188 valence electrons. The Morgan fingerprint density at radius 3 is 2.64 bits per heavy atom. The molecular formula is C26H27Cl2N5O2S. The van der Waals surface area contributed by atoms with Crippen LogP contribution in [0.15, 0.2) is 71.9 Å². The minimum atomic E-state index is 0.332. The normalized spacial score (nSPS) is 11.0. The minimum absolute atomic E-state index is 0.332. The number of nitrogens with one attached hydrogen (secondary N) is 1. The highest BCUT2D eigenvalue weighted by atomic mass is 35.5. The zero-order valence-electron chi connectivity index (χ0n) is 19.9. The van der Waals surface area contributed by atoms with Gasteiger partial charge < -0.3 is 14.8 Å². The number of para-hydroxylation sites is 1. The zero-order valence-corrected chi connectivity index (χ0v) is 22.2. The van der Waals surface area contributed by atoms with Crippen molar-refractivity contribution in [3.63, 3.8) is 0 Å². The fourth-order valence-electron chi connectivity index (χ4n) is 3.44. The van der Waals surface area contributed by atoms with Crippen LogP contribution in [-0.4, -0.2) is 39.1 Å². The summed E-state index contributed by atoms with van der Waals surface area (Å²) in [5, 5.41) is 17.5. The maximum Gasteiger partial charge on any atom is 0.214 e. The Morgan fingerprint density at radius 2 is 1.83 bits per heavy atom. The molecule has 36 heavy (non-hydrogen) atoms. The van der Waals surface area contributed by atoms with Crippen LogP contribution in [0, 0.1) is 0 Å². The third-order valence-electron chi connectivity index (χ3n) is 5.21. The molecule has 7 nitrogen and oxygen atoms in total. The van der Waals surface area contributed by atoms with E-state index in [2.05, 4.69) is 20.8 Å². The van der Waals surface area contributed by atoms with Crippen molar-refractivity contribution in [2.45, 2.75) is 31.7 Å². The van der Waals surface area contributed by atoms with Crippen molar-refractivity contribution in [3.8, 4) is 17.2 Å². The number of halogens is 2. The average molecular weight is 545 g/mol. The quantitative estimate of drug-likeness (QED) is 0.158. The van der Waals surface area contributed by atoms with Crippen LogP contribution < -0.4 is 14.8 Å². The lowest BCUT2D eigenvalue weighted by molar-refractivity contribution is 0.269. The molecule has 0 saturated heterocycles. The number of hydrogen-bond acceptors (Lipinski definition) is 7. The molecule has 0 unspecified atom stereocenters. The molecule has 0 radical (unpaired) electrons. The van der Waals surface area contributed by atoms with Gasteiger partial charge in [-0.3, -0.25) is 0 Å². The Morgan fingerprint density at radius 1 is 0.972 bits per heavy atom. The summed E-state index contributed by atoms with van der Waals surface area (Å²) < 4.78 is 13.6. The maximum atomic E-state index is 6.26. The van der Waals surface area contributed by atoms with Crippen molar-refractivity contribution in [3.05, 3.63) is 87.9 Å². The van der Waals surface area contributed by atoms with Gasteiger partial charge in [0.1, 0.15) is 6.61 Å². The van der Waals surface area contributed by atoms with E-state index in [9.17, 15) is 0 Å². The molecule has 4 aromatic rings. The number of ether oxygens (including phenoxy) is 2. The molecule has 1 aromatic heterocycles. The summed E-state index contributed by atoms with van der Waals surface area (Å²) in [5.74, 6) is 2.30. The van der Waals surface area contributed by atoms with Crippen LogP contribution in [0.25, 0.3) is 5.69 Å². The van der Waals surface area contributed by atoms with Gasteiger partial charge in [-0.2, -0.15) is 4.68 Å². The van der Waals surface area contributed by atoms with Gasteiger partial charge in [0.15, 0.2) is 11.5 Å². The highest BCUT2D eigenvalue weighted by Gasteiger charge is 2.10. The summed E-state index contributed by atoms with van der Waals surface area (Å²) >= 11 is 13.9. The van der Waals surface area contributed by atoms with Crippen molar-refractivity contribution < 1.29 is 9.47 Å². The van der Waals surface area contributed by atoms with Crippen LogP contribution in [0.2, 0.25) is 10.0 Å². The van der Waals surface area contributed by atoms with Gasteiger partial charge in [-0.15, -0.1) is 5.10 Å². The Kier molecular flexibility index (Phi) is 9.86. The van der Waals surface area contributed by atoms with Crippen LogP contribution in [0.5, 0.6) is 11.5 Å². The molecule has 0 atom stereocenters. The van der Waals surface area contributed by atoms with Gasteiger partial charge in [0.05, 0.1) is 12.3 Å². The van der Waals surface area contributed by atoms with E-state index in [4.69, 9.17) is 32.7 Å². The second-order valence-corrected chi connectivity index (χ2v) is 9.73. The van der Waals surface area contributed by atoms with E-state index < -0.39 is 0 Å². The first kappa shape index (κ1) is 26.3. The molecule has 0 aliphatic rings. The molecule has 0 aliphatic carbocycles. The molecular weight excluding hydrogens is 517 g/mol. The summed E-state index contributed by atoms with van der Waals surface area (Å²) in [5.41, 5.74) is 2.94. The lowest BCUT2D eigenvalue weighted by atomic mass is 10.2. The van der Waals surface area contributed by atoms with Crippen molar-refractivity contribution in [2.75, 3.05) is 18.9 Å². The zero-order chi connectivity index (χ0) is 25.2. The lowest BCUT2D eigenvalue weighted by Crippen LogP contribution is -2.15. The molecule has 0 bridgehead atoms. The second-order valence-electron chi connectivity index (χ2n) is 7.83. The molecule has 0 amide bonds. The number of aromatic nitrogens is 4. The summed E-state index contributed by atoms with van der Waals surface area (Å²) in [6.45, 7) is 4.44. The van der Waals surface area contributed by atoms with Crippen LogP contribution in [0.1, 0.15) is 24.5 Å². The van der Waals surface area contributed by atoms with Crippen LogP contribution in [0.3, 0.4) is 0 Å². The van der Waals surface area contributed by atoms with E-state index >= 15 is 0 Å². The predicted molar refractivity (Wildman–Crippen MR) is 145 cm³/mol. The number of thioether (sulfide) groups is 1. The van der Waals surface area contributed by atoms with Gasteiger partial charge in [-0.25, -0.2) is 0 Å². The summed E-state index contributed by atoms with van der Waals surface area (Å²) in [7, 11) is 0. The highest BCUT2D eigenvalue weighted by molar-refractivity contribution is 7.99. The van der Waals surface area contributed by atoms with E-state index in [1.165, 1.54) is 0 Å². The molecule has 10 heteroatoms. The first-order valence-electron chi connectivity index (χ1n) is 11.6. The van der Waals surface area contributed by atoms with E-state index in [-0.39, 0.29) is 0 Å². The molecule has 1 heterocycles. The molecule has 1 N–H and O–H groups in total. The van der Waals surface area contributed by atoms with Crippen molar-refractivity contribution >= 4 is 35.0 Å². The van der Waals surface area contributed by atoms with Crippen molar-refractivity contribution in [2.24, 2.45) is 0 Å². The Balaban J connectivity index is 1.24. The van der Waals surface area contributed by atoms with Gasteiger partial charge in [0, 0.05) is 27.9 Å². The summed E-state index contributed by atoms with van der Waals surface area (Å²) in [6.07, 6.45) is 0.980. The monoisotopic (exact) mass is 543 g/mol. The van der Waals surface area contributed by atoms with Gasteiger partial charge in [0.2, 0.25) is 5.16 Å². The van der Waals surface area contributed by atoms with E-state index in [0.717, 1.165) is 47.2 Å². The smallest absolute Gasteiger partial charge is 0.214 e. The van der Waals surface area contributed by atoms with Crippen molar-refractivity contribution in [1.29, 1.82) is 0 Å². The molecule has 4 rings (SSSR count). The standard InChI is InChI=1S/C26H27Cl2N5O2S/c1-2-34-25-15-19(9-12-24(25)35-18-20-10-11-21(27)16-23(20)28)17-29-13-6-14-36-26-30-31-32-33(26)22-7-4-3-5-8-22/h3-5,7-12,15-16,29H,2,6,13-14,17-18H2,1H3. The van der Waals surface area contributed by atoms with Crippen LogP contribution in [0.4, 0.5) is 0 Å². The van der Waals surface area contributed by atoms with Gasteiger partial charge in [-0.05, 0) is 72.3 Å². The Labute approximate surface area is 225 Å². The summed E-state index contributed by atoms with van der Waals surface area (Å²) in [4.78, 5) is 0. The Hall–Kier alpha value is -2.78. The molecule has 3 aromatic carbocycles. The third kappa shape index (κ3) is 7.36. The second kappa shape index (κ2) is 13.5. The first-order chi connectivity index (χ1) is 17.6. The topological polar surface area (TPSA) is 74.1 Å². The first-order valence-corrected chi connectivity index (χ1v) is 13.4. The third-order valence-corrected chi connectivity index (χ3v) is 6.80. The van der Waals surface area contributed by atoms with E-state index in [1.807, 2.05) is 61.5 Å². The maximum absolute atomic E-state index is 6.26. The SMILES string of the molecule is CCOc1cc(CNCCCSc2nnnn2-c2ccccc2)ccc1OCc1ccc(Cl)cc1Cl. The number of tetrazole rings is 1. The average Bonchev–Trinajstić information content (AvgIpc) is 3.36. The largest absolute Gasteiger partial charge is 0.490 e. The van der Waals surface area contributed by atoms with Gasteiger partial charge in [-0.1, -0.05) is 65.3 Å². The minimum Gasteiger partial charge on any atom is -0.490 e. The number of hydrogen-bond donors (Lipinski definition) is 1. The van der Waals surface area contributed by atoms with Crippen molar-refractivity contribution in [1.82, 2.24) is 25.5 Å².